The van der Waals surface area contributed by atoms with Gasteiger partial charge in [-0.25, -0.2) is 0 Å². The van der Waals surface area contributed by atoms with Crippen molar-refractivity contribution >= 4 is 28.6 Å². The molecule has 2 aromatic heterocycles. The van der Waals surface area contributed by atoms with Crippen molar-refractivity contribution < 1.29 is 0 Å². The molecule has 2 aromatic rings. The first-order valence-corrected chi connectivity index (χ1v) is 5.01. The molecule has 0 saturated heterocycles. The van der Waals surface area contributed by atoms with Crippen LogP contribution in [0.15, 0.2) is 23.8 Å². The SMILES string of the molecule is Nc1cnn(Cc2sccc2Cl)c1. The second-order valence-electron chi connectivity index (χ2n) is 2.66. The Bertz CT molecular complexity index is 407. The Morgan fingerprint density at radius 2 is 2.46 bits per heavy atom. The van der Waals surface area contributed by atoms with E-state index in [1.807, 2.05) is 11.4 Å². The maximum atomic E-state index is 5.93. The Morgan fingerprint density at radius 3 is 3.00 bits per heavy atom. The van der Waals surface area contributed by atoms with Crippen molar-refractivity contribution in [2.75, 3.05) is 5.73 Å². The number of thiophene rings is 1. The zero-order valence-electron chi connectivity index (χ0n) is 6.77. The summed E-state index contributed by atoms with van der Waals surface area (Å²) in [4.78, 5) is 1.10. The van der Waals surface area contributed by atoms with Crippen LogP contribution in [-0.2, 0) is 6.54 Å². The van der Waals surface area contributed by atoms with Crippen molar-refractivity contribution in [2.24, 2.45) is 0 Å². The fraction of sp³-hybridized carbons (Fsp3) is 0.125. The summed E-state index contributed by atoms with van der Waals surface area (Å²) in [5.74, 6) is 0. The van der Waals surface area contributed by atoms with Crippen molar-refractivity contribution in [3.8, 4) is 0 Å². The Kier molecular flexibility index (Phi) is 2.24. The Labute approximate surface area is 84.7 Å². The number of nitrogens with two attached hydrogens (primary N) is 1. The molecule has 0 amide bonds. The van der Waals surface area contributed by atoms with E-state index < -0.39 is 0 Å². The van der Waals surface area contributed by atoms with Gasteiger partial charge in [0.05, 0.1) is 23.5 Å². The first-order chi connectivity index (χ1) is 6.25. The van der Waals surface area contributed by atoms with Crippen LogP contribution < -0.4 is 5.73 Å². The molecule has 0 fully saturated rings. The fourth-order valence-electron chi connectivity index (χ4n) is 1.05. The topological polar surface area (TPSA) is 43.8 Å². The molecule has 0 spiro atoms. The molecule has 0 radical (unpaired) electrons. The lowest BCUT2D eigenvalue weighted by molar-refractivity contribution is 0.695. The molecule has 3 nitrogen and oxygen atoms in total. The number of anilines is 1. The molecule has 68 valence electrons. The fourth-order valence-corrected chi connectivity index (χ4v) is 2.14. The summed E-state index contributed by atoms with van der Waals surface area (Å²) in [6.45, 7) is 0.688. The molecular weight excluding hydrogens is 206 g/mol. The molecular formula is C8H8ClN3S. The highest BCUT2D eigenvalue weighted by Gasteiger charge is 2.02. The zero-order chi connectivity index (χ0) is 9.26. The van der Waals surface area contributed by atoms with Gasteiger partial charge in [-0.3, -0.25) is 4.68 Å². The van der Waals surface area contributed by atoms with Crippen LogP contribution in [0.4, 0.5) is 5.69 Å². The average Bonchev–Trinajstić information content (AvgIpc) is 2.64. The van der Waals surface area contributed by atoms with Crippen LogP contribution in [0.2, 0.25) is 5.02 Å². The van der Waals surface area contributed by atoms with Crippen molar-refractivity contribution in [2.45, 2.75) is 6.54 Å². The molecule has 0 aliphatic rings. The number of hydrogen-bond donors (Lipinski definition) is 1. The van der Waals surface area contributed by atoms with E-state index in [0.717, 1.165) is 9.90 Å². The average molecular weight is 214 g/mol. The summed E-state index contributed by atoms with van der Waals surface area (Å²) < 4.78 is 1.77. The highest BCUT2D eigenvalue weighted by Crippen LogP contribution is 2.22. The van der Waals surface area contributed by atoms with Crippen LogP contribution >= 0.6 is 22.9 Å². The number of rotatable bonds is 2. The lowest BCUT2D eigenvalue weighted by Gasteiger charge is -1.97. The first-order valence-electron chi connectivity index (χ1n) is 3.75. The third kappa shape index (κ3) is 1.84. The minimum Gasteiger partial charge on any atom is -0.396 e. The van der Waals surface area contributed by atoms with Crippen LogP contribution in [-0.4, -0.2) is 9.78 Å². The predicted molar refractivity (Wildman–Crippen MR) is 55.1 cm³/mol. The Morgan fingerprint density at radius 1 is 1.62 bits per heavy atom. The van der Waals surface area contributed by atoms with Gasteiger partial charge in [-0.05, 0) is 11.4 Å². The van der Waals surface area contributed by atoms with E-state index in [2.05, 4.69) is 5.10 Å². The first kappa shape index (κ1) is 8.59. The summed E-state index contributed by atoms with van der Waals surface area (Å²) in [6.07, 6.45) is 3.41. The largest absolute Gasteiger partial charge is 0.396 e. The molecule has 0 unspecified atom stereocenters. The van der Waals surface area contributed by atoms with Crippen molar-refractivity contribution in [1.29, 1.82) is 0 Å². The summed E-state index contributed by atoms with van der Waals surface area (Å²) in [5, 5.41) is 6.83. The van der Waals surface area contributed by atoms with Gasteiger partial charge in [0.2, 0.25) is 0 Å². The molecule has 0 aliphatic heterocycles. The molecule has 2 rings (SSSR count). The molecule has 0 aliphatic carbocycles. The highest BCUT2D eigenvalue weighted by molar-refractivity contribution is 7.10. The maximum absolute atomic E-state index is 5.93. The van der Waals surface area contributed by atoms with Crippen LogP contribution in [0.3, 0.4) is 0 Å². The van der Waals surface area contributed by atoms with Crippen LogP contribution in [0.1, 0.15) is 4.88 Å². The number of nitrogen functional groups attached to an aromatic ring is 1. The Hall–Kier alpha value is -1.00. The zero-order valence-corrected chi connectivity index (χ0v) is 8.35. The normalized spacial score (nSPS) is 10.5. The smallest absolute Gasteiger partial charge is 0.0768 e. The number of aromatic nitrogens is 2. The van der Waals surface area contributed by atoms with Crippen LogP contribution in [0.25, 0.3) is 0 Å². The summed E-state index contributed by atoms with van der Waals surface area (Å²) in [6, 6.07) is 1.88. The predicted octanol–water partition coefficient (Wildman–Crippen LogP) is 2.23. The Balaban J connectivity index is 2.19. The lowest BCUT2D eigenvalue weighted by atomic mass is 10.4. The second kappa shape index (κ2) is 3.40. The van der Waals surface area contributed by atoms with E-state index in [-0.39, 0.29) is 0 Å². The number of hydrogen-bond acceptors (Lipinski definition) is 3. The van der Waals surface area contributed by atoms with Gasteiger partial charge in [0, 0.05) is 11.1 Å². The van der Waals surface area contributed by atoms with E-state index in [9.17, 15) is 0 Å². The standard InChI is InChI=1S/C8H8ClN3S/c9-7-1-2-13-8(7)5-12-4-6(10)3-11-12/h1-4H,5,10H2. The summed E-state index contributed by atoms with van der Waals surface area (Å²) >= 11 is 7.55. The molecule has 0 saturated carbocycles. The van der Waals surface area contributed by atoms with Crippen LogP contribution in [0.5, 0.6) is 0 Å². The van der Waals surface area contributed by atoms with E-state index in [1.165, 1.54) is 0 Å². The molecule has 0 atom stereocenters. The minimum absolute atomic E-state index is 0.674. The summed E-state index contributed by atoms with van der Waals surface area (Å²) in [5.41, 5.74) is 6.21. The van der Waals surface area contributed by atoms with Gasteiger partial charge in [0.15, 0.2) is 0 Å². The quantitative estimate of drug-likeness (QED) is 0.832. The maximum Gasteiger partial charge on any atom is 0.0768 e. The van der Waals surface area contributed by atoms with Gasteiger partial charge in [0.25, 0.3) is 0 Å². The third-order valence-corrected chi connectivity index (χ3v) is 3.02. The number of nitrogens with zero attached hydrogens (tertiary/aromatic N) is 2. The monoisotopic (exact) mass is 213 g/mol. The van der Waals surface area contributed by atoms with Crippen molar-refractivity contribution in [3.63, 3.8) is 0 Å². The molecule has 2 heterocycles. The molecule has 0 aromatic carbocycles. The van der Waals surface area contributed by atoms with Gasteiger partial charge in [-0.2, -0.15) is 5.10 Å². The van der Waals surface area contributed by atoms with E-state index >= 15 is 0 Å². The van der Waals surface area contributed by atoms with Gasteiger partial charge < -0.3 is 5.73 Å². The van der Waals surface area contributed by atoms with Gasteiger partial charge in [-0.15, -0.1) is 11.3 Å². The lowest BCUT2D eigenvalue weighted by Crippen LogP contribution is -1.98. The minimum atomic E-state index is 0.674. The van der Waals surface area contributed by atoms with Crippen molar-refractivity contribution in [3.05, 3.63) is 33.7 Å². The second-order valence-corrected chi connectivity index (χ2v) is 4.07. The summed E-state index contributed by atoms with van der Waals surface area (Å²) in [7, 11) is 0. The molecule has 0 bridgehead atoms. The van der Waals surface area contributed by atoms with Gasteiger partial charge >= 0.3 is 0 Å². The van der Waals surface area contributed by atoms with Crippen LogP contribution in [0, 0.1) is 0 Å². The van der Waals surface area contributed by atoms with E-state index in [1.54, 1.807) is 28.4 Å². The van der Waals surface area contributed by atoms with E-state index in [4.69, 9.17) is 17.3 Å². The molecule has 2 N–H and O–H groups in total. The molecule has 13 heavy (non-hydrogen) atoms. The number of halogens is 1. The third-order valence-electron chi connectivity index (χ3n) is 1.65. The highest BCUT2D eigenvalue weighted by atomic mass is 35.5. The van der Waals surface area contributed by atoms with Gasteiger partial charge in [-0.1, -0.05) is 11.6 Å². The van der Waals surface area contributed by atoms with E-state index in [0.29, 0.717) is 12.2 Å². The van der Waals surface area contributed by atoms with Crippen molar-refractivity contribution in [1.82, 2.24) is 9.78 Å². The van der Waals surface area contributed by atoms with Gasteiger partial charge in [0.1, 0.15) is 0 Å². The molecule has 5 heteroatoms.